The molecule has 0 amide bonds. The molecule has 4 heterocycles. The van der Waals surface area contributed by atoms with E-state index in [9.17, 15) is 8.42 Å². The molecular formula is C19H21ClN6O2S2. The van der Waals surface area contributed by atoms with Gasteiger partial charge in [0.15, 0.2) is 0 Å². The van der Waals surface area contributed by atoms with Crippen molar-refractivity contribution in [1.82, 2.24) is 19.3 Å². The van der Waals surface area contributed by atoms with Crippen molar-refractivity contribution in [2.75, 3.05) is 36.4 Å². The van der Waals surface area contributed by atoms with E-state index in [0.29, 0.717) is 48.0 Å². The van der Waals surface area contributed by atoms with Crippen LogP contribution in [0.15, 0.2) is 40.7 Å². The molecule has 1 aliphatic rings. The molecule has 8 nitrogen and oxygen atoms in total. The molecular weight excluding hydrogens is 444 g/mol. The normalized spacial score (nSPS) is 15.4. The zero-order valence-corrected chi connectivity index (χ0v) is 18.9. The first kappa shape index (κ1) is 21.0. The topological polar surface area (TPSA) is 91.3 Å². The summed E-state index contributed by atoms with van der Waals surface area (Å²) in [7, 11) is -3.52. The third-order valence-corrected chi connectivity index (χ3v) is 8.30. The summed E-state index contributed by atoms with van der Waals surface area (Å²) < 4.78 is 27.8. The maximum atomic E-state index is 12.8. The standard InChI is InChI=1S/C19H21ClN6O2S2/c1-13-5-6-21-16(11-13)24-17-12-18(23-14(2)22-17)25-7-9-26(10-8-25)30(27,28)19-4-3-15(20)29-19/h3-6,11-12H,7-10H2,1-2H3,(H,21,22,23,24). The number of halogens is 1. The molecule has 30 heavy (non-hydrogen) atoms. The highest BCUT2D eigenvalue weighted by atomic mass is 35.5. The molecule has 3 aromatic rings. The lowest BCUT2D eigenvalue weighted by Crippen LogP contribution is -2.48. The largest absolute Gasteiger partial charge is 0.354 e. The summed E-state index contributed by atoms with van der Waals surface area (Å²) in [4.78, 5) is 15.4. The molecule has 0 unspecified atom stereocenters. The Balaban J connectivity index is 1.47. The van der Waals surface area contributed by atoms with Crippen LogP contribution < -0.4 is 10.2 Å². The van der Waals surface area contributed by atoms with Gasteiger partial charge in [-0.3, -0.25) is 0 Å². The number of anilines is 3. The fourth-order valence-electron chi connectivity index (χ4n) is 3.23. The van der Waals surface area contributed by atoms with Gasteiger partial charge in [-0.2, -0.15) is 4.31 Å². The fourth-order valence-corrected chi connectivity index (χ4v) is 6.29. The molecule has 0 radical (unpaired) electrons. The summed E-state index contributed by atoms with van der Waals surface area (Å²) >= 11 is 6.99. The van der Waals surface area contributed by atoms with Crippen molar-refractivity contribution in [1.29, 1.82) is 0 Å². The maximum absolute atomic E-state index is 12.8. The molecule has 0 aromatic carbocycles. The number of sulfonamides is 1. The lowest BCUT2D eigenvalue weighted by Gasteiger charge is -2.34. The van der Waals surface area contributed by atoms with E-state index in [4.69, 9.17) is 11.6 Å². The van der Waals surface area contributed by atoms with Gasteiger partial charge in [0, 0.05) is 38.4 Å². The Morgan fingerprint density at radius 1 is 1.03 bits per heavy atom. The molecule has 1 fully saturated rings. The number of hydrogen-bond acceptors (Lipinski definition) is 8. The monoisotopic (exact) mass is 464 g/mol. The molecule has 0 atom stereocenters. The predicted octanol–water partition coefficient (Wildman–Crippen LogP) is 3.46. The Hall–Kier alpha value is -2.27. The molecule has 4 rings (SSSR count). The highest BCUT2D eigenvalue weighted by Crippen LogP contribution is 2.29. The highest BCUT2D eigenvalue weighted by Gasteiger charge is 2.30. The van der Waals surface area contributed by atoms with Crippen LogP contribution in [0.2, 0.25) is 4.34 Å². The second-order valence-electron chi connectivity index (χ2n) is 6.95. The van der Waals surface area contributed by atoms with Gasteiger partial charge in [-0.25, -0.2) is 23.4 Å². The number of hydrogen-bond donors (Lipinski definition) is 1. The van der Waals surface area contributed by atoms with Crippen LogP contribution in [-0.2, 0) is 10.0 Å². The third kappa shape index (κ3) is 4.56. The van der Waals surface area contributed by atoms with Crippen LogP contribution in [0.3, 0.4) is 0 Å². The van der Waals surface area contributed by atoms with Crippen LogP contribution in [0.1, 0.15) is 11.4 Å². The van der Waals surface area contributed by atoms with Crippen LogP contribution in [-0.4, -0.2) is 53.9 Å². The number of rotatable bonds is 5. The van der Waals surface area contributed by atoms with Gasteiger partial charge in [-0.1, -0.05) is 11.6 Å². The average Bonchev–Trinajstić information content (AvgIpc) is 3.15. The van der Waals surface area contributed by atoms with Gasteiger partial charge in [-0.05, 0) is 43.7 Å². The van der Waals surface area contributed by atoms with Crippen molar-refractivity contribution in [3.05, 3.63) is 52.3 Å². The molecule has 3 aromatic heterocycles. The van der Waals surface area contributed by atoms with Crippen molar-refractivity contribution in [3.63, 3.8) is 0 Å². The van der Waals surface area contributed by atoms with E-state index in [1.165, 1.54) is 4.31 Å². The van der Waals surface area contributed by atoms with Crippen molar-refractivity contribution in [2.24, 2.45) is 0 Å². The minimum Gasteiger partial charge on any atom is -0.354 e. The Morgan fingerprint density at radius 2 is 1.80 bits per heavy atom. The van der Waals surface area contributed by atoms with Gasteiger partial charge in [-0.15, -0.1) is 11.3 Å². The van der Waals surface area contributed by atoms with Crippen LogP contribution >= 0.6 is 22.9 Å². The van der Waals surface area contributed by atoms with Gasteiger partial charge in [0.2, 0.25) is 0 Å². The van der Waals surface area contributed by atoms with E-state index >= 15 is 0 Å². The van der Waals surface area contributed by atoms with Gasteiger partial charge in [0.25, 0.3) is 10.0 Å². The Labute approximate surface area is 184 Å². The van der Waals surface area contributed by atoms with Crippen molar-refractivity contribution in [2.45, 2.75) is 18.1 Å². The number of nitrogens with zero attached hydrogens (tertiary/aromatic N) is 5. The van der Waals surface area contributed by atoms with Crippen LogP contribution in [0, 0.1) is 13.8 Å². The van der Waals surface area contributed by atoms with Gasteiger partial charge >= 0.3 is 0 Å². The smallest absolute Gasteiger partial charge is 0.252 e. The molecule has 0 saturated carbocycles. The van der Waals surface area contributed by atoms with Crippen molar-refractivity contribution >= 4 is 50.4 Å². The first-order chi connectivity index (χ1) is 14.3. The predicted molar refractivity (Wildman–Crippen MR) is 119 cm³/mol. The summed E-state index contributed by atoms with van der Waals surface area (Å²) in [6.45, 7) is 5.67. The summed E-state index contributed by atoms with van der Waals surface area (Å²) in [5.74, 6) is 2.75. The number of pyridine rings is 1. The lowest BCUT2D eigenvalue weighted by molar-refractivity contribution is 0.384. The van der Waals surface area contributed by atoms with E-state index in [1.54, 1.807) is 18.3 Å². The maximum Gasteiger partial charge on any atom is 0.252 e. The lowest BCUT2D eigenvalue weighted by atomic mass is 10.3. The number of piperazine rings is 1. The Kier molecular flexibility index (Phi) is 5.92. The molecule has 1 aliphatic heterocycles. The minimum atomic E-state index is -3.52. The van der Waals surface area contributed by atoms with E-state index in [2.05, 4.69) is 25.2 Å². The van der Waals surface area contributed by atoms with Crippen LogP contribution in [0.5, 0.6) is 0 Å². The Bertz CT molecular complexity index is 1160. The summed E-state index contributed by atoms with van der Waals surface area (Å²) in [6.07, 6.45) is 1.74. The van der Waals surface area contributed by atoms with Crippen molar-refractivity contribution < 1.29 is 8.42 Å². The average molecular weight is 465 g/mol. The second-order valence-corrected chi connectivity index (χ2v) is 10.8. The number of aryl methyl sites for hydroxylation is 2. The zero-order chi connectivity index (χ0) is 21.3. The van der Waals surface area contributed by atoms with Crippen molar-refractivity contribution in [3.8, 4) is 0 Å². The fraction of sp³-hybridized carbons (Fsp3) is 0.316. The van der Waals surface area contributed by atoms with Crippen LogP contribution in [0.25, 0.3) is 0 Å². The van der Waals surface area contributed by atoms with E-state index < -0.39 is 10.0 Å². The third-order valence-electron chi connectivity index (χ3n) is 4.70. The SMILES string of the molecule is Cc1ccnc(Nc2cc(N3CCN(S(=O)(=O)c4ccc(Cl)s4)CC3)nc(C)n2)c1. The van der Waals surface area contributed by atoms with Crippen LogP contribution in [0.4, 0.5) is 17.5 Å². The first-order valence-corrected chi connectivity index (χ1v) is 12.0. The molecule has 1 N–H and O–H groups in total. The summed E-state index contributed by atoms with van der Waals surface area (Å²) in [6, 6.07) is 8.90. The van der Waals surface area contributed by atoms with E-state index in [1.807, 2.05) is 32.0 Å². The molecule has 11 heteroatoms. The molecule has 1 saturated heterocycles. The molecule has 0 aliphatic carbocycles. The molecule has 158 valence electrons. The number of aromatic nitrogens is 3. The van der Waals surface area contributed by atoms with E-state index in [0.717, 1.165) is 22.7 Å². The van der Waals surface area contributed by atoms with E-state index in [-0.39, 0.29) is 4.21 Å². The Morgan fingerprint density at radius 3 is 2.47 bits per heavy atom. The number of nitrogens with one attached hydrogen (secondary N) is 1. The summed E-state index contributed by atoms with van der Waals surface area (Å²) in [5.41, 5.74) is 1.10. The van der Waals surface area contributed by atoms with Gasteiger partial charge < -0.3 is 10.2 Å². The molecule has 0 bridgehead atoms. The molecule has 0 spiro atoms. The highest BCUT2D eigenvalue weighted by molar-refractivity contribution is 7.91. The second kappa shape index (κ2) is 8.46. The first-order valence-electron chi connectivity index (χ1n) is 9.37. The quantitative estimate of drug-likeness (QED) is 0.618. The number of thiophene rings is 1. The minimum absolute atomic E-state index is 0.274. The zero-order valence-electron chi connectivity index (χ0n) is 16.5. The van der Waals surface area contributed by atoms with Gasteiger partial charge in [0.05, 0.1) is 4.34 Å². The summed E-state index contributed by atoms with van der Waals surface area (Å²) in [5, 5.41) is 3.22. The van der Waals surface area contributed by atoms with Gasteiger partial charge in [0.1, 0.15) is 27.5 Å².